The molecule has 1 fully saturated rings. The average molecular weight is 292 g/mol. The van der Waals surface area contributed by atoms with Crippen molar-refractivity contribution in [2.75, 3.05) is 11.9 Å². The van der Waals surface area contributed by atoms with E-state index in [4.69, 9.17) is 0 Å². The van der Waals surface area contributed by atoms with Gasteiger partial charge < -0.3 is 5.32 Å². The molecule has 0 heterocycles. The van der Waals surface area contributed by atoms with Crippen LogP contribution in [0.1, 0.15) is 45.1 Å². The van der Waals surface area contributed by atoms with Crippen LogP contribution in [0.3, 0.4) is 0 Å². The van der Waals surface area contributed by atoms with Gasteiger partial charge in [0.15, 0.2) is 0 Å². The summed E-state index contributed by atoms with van der Waals surface area (Å²) in [4.78, 5) is 14.5. The van der Waals surface area contributed by atoms with Crippen molar-refractivity contribution in [1.29, 1.82) is 0 Å². The zero-order valence-corrected chi connectivity index (χ0v) is 13.2. The molecular formula is C17H25FN2O. The molecule has 1 aliphatic carbocycles. The molecule has 1 aromatic carbocycles. The van der Waals surface area contributed by atoms with Gasteiger partial charge in [-0.2, -0.15) is 0 Å². The molecule has 4 heteroatoms. The maximum Gasteiger partial charge on any atom is 0.238 e. The predicted octanol–water partition coefficient (Wildman–Crippen LogP) is 3.73. The van der Waals surface area contributed by atoms with Crippen LogP contribution in [-0.4, -0.2) is 29.4 Å². The van der Waals surface area contributed by atoms with Crippen molar-refractivity contribution in [3.8, 4) is 0 Å². The lowest BCUT2D eigenvalue weighted by atomic mass is 10.1. The first-order chi connectivity index (χ1) is 9.97. The maximum absolute atomic E-state index is 13.5. The van der Waals surface area contributed by atoms with Crippen LogP contribution in [0.4, 0.5) is 10.1 Å². The number of carbonyl (C=O) groups is 1. The normalized spacial score (nSPS) is 15.9. The summed E-state index contributed by atoms with van der Waals surface area (Å²) < 4.78 is 13.5. The lowest BCUT2D eigenvalue weighted by Gasteiger charge is -2.31. The predicted molar refractivity (Wildman–Crippen MR) is 83.9 cm³/mol. The van der Waals surface area contributed by atoms with Gasteiger partial charge in [-0.25, -0.2) is 4.39 Å². The number of nitrogens with zero attached hydrogens (tertiary/aromatic N) is 1. The second-order valence-corrected chi connectivity index (χ2v) is 6.22. The zero-order valence-electron chi connectivity index (χ0n) is 13.2. The summed E-state index contributed by atoms with van der Waals surface area (Å²) in [6.45, 7) is 6.33. The van der Waals surface area contributed by atoms with Crippen LogP contribution >= 0.6 is 0 Å². The molecule has 116 valence electrons. The van der Waals surface area contributed by atoms with E-state index in [-0.39, 0.29) is 11.7 Å². The SMILES string of the molecule is Cc1ccc(NC(=O)CN(C(C)C)C2CCCC2)cc1F. The summed E-state index contributed by atoms with van der Waals surface area (Å²) >= 11 is 0. The van der Waals surface area contributed by atoms with E-state index in [9.17, 15) is 9.18 Å². The smallest absolute Gasteiger partial charge is 0.238 e. The fraction of sp³-hybridized carbons (Fsp3) is 0.588. The molecule has 1 amide bonds. The molecule has 1 aromatic rings. The number of carbonyl (C=O) groups excluding carboxylic acids is 1. The van der Waals surface area contributed by atoms with Crippen molar-refractivity contribution in [1.82, 2.24) is 4.90 Å². The summed E-state index contributed by atoms with van der Waals surface area (Å²) in [5, 5.41) is 2.80. The number of benzene rings is 1. The molecule has 0 radical (unpaired) electrons. The number of halogens is 1. The molecule has 1 saturated carbocycles. The highest BCUT2D eigenvalue weighted by Gasteiger charge is 2.26. The Morgan fingerprint density at radius 1 is 1.38 bits per heavy atom. The summed E-state index contributed by atoms with van der Waals surface area (Å²) in [5.41, 5.74) is 1.11. The van der Waals surface area contributed by atoms with Crippen molar-refractivity contribution in [3.05, 3.63) is 29.6 Å². The summed E-state index contributed by atoms with van der Waals surface area (Å²) in [7, 11) is 0. The topological polar surface area (TPSA) is 32.3 Å². The lowest BCUT2D eigenvalue weighted by Crippen LogP contribution is -2.43. The van der Waals surface area contributed by atoms with E-state index in [1.54, 1.807) is 19.1 Å². The molecule has 0 aliphatic heterocycles. The van der Waals surface area contributed by atoms with Crippen LogP contribution in [0.5, 0.6) is 0 Å². The Morgan fingerprint density at radius 3 is 2.62 bits per heavy atom. The standard InChI is InChI=1S/C17H25FN2O/c1-12(2)20(15-6-4-5-7-15)11-17(21)19-14-9-8-13(3)16(18)10-14/h8-10,12,15H,4-7,11H2,1-3H3,(H,19,21). The molecule has 2 rings (SSSR count). The Balaban J connectivity index is 1.96. The van der Waals surface area contributed by atoms with Gasteiger partial charge in [-0.1, -0.05) is 18.9 Å². The zero-order chi connectivity index (χ0) is 15.4. The van der Waals surface area contributed by atoms with E-state index >= 15 is 0 Å². The van der Waals surface area contributed by atoms with Gasteiger partial charge in [0.05, 0.1) is 6.54 Å². The molecule has 0 aromatic heterocycles. The number of rotatable bonds is 5. The van der Waals surface area contributed by atoms with Gasteiger partial charge in [0.2, 0.25) is 5.91 Å². The number of aryl methyl sites for hydroxylation is 1. The second-order valence-electron chi connectivity index (χ2n) is 6.22. The highest BCUT2D eigenvalue weighted by molar-refractivity contribution is 5.92. The van der Waals surface area contributed by atoms with Crippen molar-refractivity contribution in [2.45, 2.75) is 58.5 Å². The third kappa shape index (κ3) is 4.27. The van der Waals surface area contributed by atoms with Crippen LogP contribution in [0.15, 0.2) is 18.2 Å². The molecule has 21 heavy (non-hydrogen) atoms. The molecular weight excluding hydrogens is 267 g/mol. The summed E-state index contributed by atoms with van der Waals surface area (Å²) in [5.74, 6) is -0.358. The van der Waals surface area contributed by atoms with Crippen LogP contribution in [0.25, 0.3) is 0 Å². The van der Waals surface area contributed by atoms with Gasteiger partial charge in [0, 0.05) is 17.8 Å². The van der Waals surface area contributed by atoms with Gasteiger partial charge in [-0.3, -0.25) is 9.69 Å². The molecule has 0 unspecified atom stereocenters. The number of anilines is 1. The fourth-order valence-corrected chi connectivity index (χ4v) is 3.01. The van der Waals surface area contributed by atoms with Crippen molar-refractivity contribution >= 4 is 11.6 Å². The highest BCUT2D eigenvalue weighted by atomic mass is 19.1. The third-order valence-corrected chi connectivity index (χ3v) is 4.24. The minimum atomic E-state index is -0.288. The third-order valence-electron chi connectivity index (χ3n) is 4.24. The van der Waals surface area contributed by atoms with Gasteiger partial charge in [0.25, 0.3) is 0 Å². The van der Waals surface area contributed by atoms with E-state index in [1.807, 2.05) is 0 Å². The molecule has 0 atom stereocenters. The molecule has 3 nitrogen and oxygen atoms in total. The monoisotopic (exact) mass is 292 g/mol. The van der Waals surface area contributed by atoms with Gasteiger partial charge >= 0.3 is 0 Å². The second kappa shape index (κ2) is 7.03. The molecule has 1 N–H and O–H groups in total. The highest BCUT2D eigenvalue weighted by Crippen LogP contribution is 2.25. The lowest BCUT2D eigenvalue weighted by molar-refractivity contribution is -0.118. The van der Waals surface area contributed by atoms with Crippen LogP contribution in [0, 0.1) is 12.7 Å². The quantitative estimate of drug-likeness (QED) is 0.897. The van der Waals surface area contributed by atoms with E-state index in [2.05, 4.69) is 24.1 Å². The average Bonchev–Trinajstić information content (AvgIpc) is 2.93. The number of amides is 1. The number of nitrogens with one attached hydrogen (secondary N) is 1. The van der Waals surface area contributed by atoms with E-state index in [1.165, 1.54) is 31.7 Å². The van der Waals surface area contributed by atoms with E-state index < -0.39 is 0 Å². The van der Waals surface area contributed by atoms with Gasteiger partial charge in [-0.05, 0) is 51.3 Å². The Hall–Kier alpha value is -1.42. The summed E-state index contributed by atoms with van der Waals surface area (Å²) in [6, 6.07) is 5.65. The van der Waals surface area contributed by atoms with Gasteiger partial charge in [0.1, 0.15) is 5.82 Å². The molecule has 0 saturated heterocycles. The Labute approximate surface area is 126 Å². The Bertz CT molecular complexity index is 496. The van der Waals surface area contributed by atoms with Crippen LogP contribution in [-0.2, 0) is 4.79 Å². The Kier molecular flexibility index (Phi) is 5.34. The van der Waals surface area contributed by atoms with Crippen molar-refractivity contribution < 1.29 is 9.18 Å². The van der Waals surface area contributed by atoms with E-state index in [0.29, 0.717) is 29.9 Å². The number of hydrogen-bond donors (Lipinski definition) is 1. The van der Waals surface area contributed by atoms with Gasteiger partial charge in [-0.15, -0.1) is 0 Å². The maximum atomic E-state index is 13.5. The van der Waals surface area contributed by atoms with Crippen molar-refractivity contribution in [3.63, 3.8) is 0 Å². The van der Waals surface area contributed by atoms with E-state index in [0.717, 1.165) is 0 Å². The minimum Gasteiger partial charge on any atom is -0.325 e. The Morgan fingerprint density at radius 2 is 2.05 bits per heavy atom. The first-order valence-corrected chi connectivity index (χ1v) is 7.79. The first-order valence-electron chi connectivity index (χ1n) is 7.79. The molecule has 1 aliphatic rings. The number of hydrogen-bond acceptors (Lipinski definition) is 2. The molecule has 0 spiro atoms. The largest absolute Gasteiger partial charge is 0.325 e. The first kappa shape index (κ1) is 16.0. The van der Waals surface area contributed by atoms with Crippen molar-refractivity contribution in [2.24, 2.45) is 0 Å². The van der Waals surface area contributed by atoms with Crippen LogP contribution in [0.2, 0.25) is 0 Å². The van der Waals surface area contributed by atoms with Crippen LogP contribution < -0.4 is 5.32 Å². The fourth-order valence-electron chi connectivity index (χ4n) is 3.01. The minimum absolute atomic E-state index is 0.0705. The molecule has 0 bridgehead atoms. The summed E-state index contributed by atoms with van der Waals surface area (Å²) in [6.07, 6.45) is 4.84.